The van der Waals surface area contributed by atoms with Gasteiger partial charge in [-0.05, 0) is 24.6 Å². The molecule has 1 aliphatic rings. The fourth-order valence-corrected chi connectivity index (χ4v) is 2.59. The summed E-state index contributed by atoms with van der Waals surface area (Å²) in [7, 11) is 1.90. The first-order valence-electron chi connectivity index (χ1n) is 8.06. The van der Waals surface area contributed by atoms with E-state index in [0.717, 1.165) is 12.1 Å². The van der Waals surface area contributed by atoms with Gasteiger partial charge in [0.1, 0.15) is 5.82 Å². The summed E-state index contributed by atoms with van der Waals surface area (Å²) >= 11 is 0. The number of nitrogens with zero attached hydrogens (tertiary/aromatic N) is 2. The minimum atomic E-state index is -0.793. The fourth-order valence-electron chi connectivity index (χ4n) is 2.59. The van der Waals surface area contributed by atoms with Gasteiger partial charge in [0.25, 0.3) is 0 Å². The molecule has 1 aliphatic heterocycles. The molecule has 1 aromatic carbocycles. The third-order valence-electron chi connectivity index (χ3n) is 3.95. The number of aliphatic imine (C=N–C) groups is 1. The zero-order valence-corrected chi connectivity index (χ0v) is 13.9. The Labute approximate surface area is 137 Å². The smallest absolute Gasteiger partial charge is 0.194 e. The molecule has 0 radical (unpaired) electrons. The number of guanidine groups is 1. The van der Waals surface area contributed by atoms with Crippen molar-refractivity contribution in [2.45, 2.75) is 31.9 Å². The summed E-state index contributed by atoms with van der Waals surface area (Å²) in [5.74, 6) is 0.464. The highest BCUT2D eigenvalue weighted by atomic mass is 19.1. The van der Waals surface area contributed by atoms with Gasteiger partial charge in [0.2, 0.25) is 0 Å². The van der Waals surface area contributed by atoms with Crippen molar-refractivity contribution in [2.75, 3.05) is 33.4 Å². The summed E-state index contributed by atoms with van der Waals surface area (Å²) in [6.07, 6.45) is 1.20. The molecule has 6 heteroatoms. The molecule has 23 heavy (non-hydrogen) atoms. The van der Waals surface area contributed by atoms with Gasteiger partial charge in [-0.2, -0.15) is 0 Å². The van der Waals surface area contributed by atoms with Crippen LogP contribution in [0.3, 0.4) is 0 Å². The number of hydrogen-bond acceptors (Lipinski definition) is 3. The van der Waals surface area contributed by atoms with Crippen LogP contribution in [0.5, 0.6) is 0 Å². The van der Waals surface area contributed by atoms with Crippen LogP contribution in [0.25, 0.3) is 0 Å². The van der Waals surface area contributed by atoms with Gasteiger partial charge in [0.05, 0.1) is 12.1 Å². The van der Waals surface area contributed by atoms with Gasteiger partial charge < -0.3 is 20.1 Å². The molecule has 128 valence electrons. The van der Waals surface area contributed by atoms with E-state index in [9.17, 15) is 9.50 Å². The summed E-state index contributed by atoms with van der Waals surface area (Å²) in [5.41, 5.74) is 0.0846. The summed E-state index contributed by atoms with van der Waals surface area (Å²) < 4.78 is 18.6. The SMILES string of the molecule is CCNC(=NCC1(O)CCOCC1)N(C)Cc1cccc(F)c1. The average molecular weight is 323 g/mol. The third-order valence-corrected chi connectivity index (χ3v) is 3.95. The van der Waals surface area contributed by atoms with E-state index in [1.807, 2.05) is 24.9 Å². The molecule has 0 amide bonds. The Kier molecular flexibility index (Phi) is 6.36. The van der Waals surface area contributed by atoms with E-state index in [0.29, 0.717) is 45.1 Å². The Morgan fingerprint density at radius 1 is 1.43 bits per heavy atom. The van der Waals surface area contributed by atoms with Crippen LogP contribution in [0.2, 0.25) is 0 Å². The van der Waals surface area contributed by atoms with Crippen LogP contribution < -0.4 is 5.32 Å². The van der Waals surface area contributed by atoms with E-state index in [4.69, 9.17) is 4.74 Å². The van der Waals surface area contributed by atoms with Gasteiger partial charge in [0, 0.05) is 46.2 Å². The van der Waals surface area contributed by atoms with Crippen molar-refractivity contribution in [1.29, 1.82) is 0 Å². The highest BCUT2D eigenvalue weighted by Gasteiger charge is 2.29. The predicted molar refractivity (Wildman–Crippen MR) is 88.8 cm³/mol. The summed E-state index contributed by atoms with van der Waals surface area (Å²) in [4.78, 5) is 6.49. The summed E-state index contributed by atoms with van der Waals surface area (Å²) in [5, 5.41) is 13.7. The molecule has 1 fully saturated rings. The molecule has 0 bridgehead atoms. The number of hydrogen-bond donors (Lipinski definition) is 2. The fraction of sp³-hybridized carbons (Fsp3) is 0.588. The van der Waals surface area contributed by atoms with E-state index in [1.165, 1.54) is 12.1 Å². The largest absolute Gasteiger partial charge is 0.388 e. The first-order valence-corrected chi connectivity index (χ1v) is 8.06. The standard InChI is InChI=1S/C17H26FN3O2/c1-3-19-16(20-13-17(22)7-9-23-10-8-17)21(2)12-14-5-4-6-15(18)11-14/h4-6,11,22H,3,7-10,12-13H2,1-2H3,(H,19,20). The van der Waals surface area contributed by atoms with Crippen molar-refractivity contribution >= 4 is 5.96 Å². The second-order valence-electron chi connectivity index (χ2n) is 5.99. The lowest BCUT2D eigenvalue weighted by molar-refractivity contribution is -0.0566. The molecule has 5 nitrogen and oxygen atoms in total. The first-order chi connectivity index (χ1) is 11.0. The Hall–Kier alpha value is -1.66. The number of ether oxygens (including phenoxy) is 1. The quantitative estimate of drug-likeness (QED) is 0.640. The second kappa shape index (κ2) is 8.26. The number of halogens is 1. The van der Waals surface area contributed by atoms with Crippen LogP contribution in [0.15, 0.2) is 29.3 Å². The summed E-state index contributed by atoms with van der Waals surface area (Å²) in [6.45, 7) is 4.75. The van der Waals surface area contributed by atoms with Gasteiger partial charge in [-0.3, -0.25) is 4.99 Å². The van der Waals surface area contributed by atoms with Crippen molar-refractivity contribution in [3.8, 4) is 0 Å². The highest BCUT2D eigenvalue weighted by molar-refractivity contribution is 5.79. The minimum Gasteiger partial charge on any atom is -0.388 e. The minimum absolute atomic E-state index is 0.241. The lowest BCUT2D eigenvalue weighted by Crippen LogP contribution is -2.43. The first kappa shape index (κ1) is 17.7. The molecule has 0 aromatic heterocycles. The zero-order valence-electron chi connectivity index (χ0n) is 13.9. The maximum atomic E-state index is 13.3. The van der Waals surface area contributed by atoms with Crippen LogP contribution in [-0.4, -0.2) is 54.9 Å². The zero-order chi connectivity index (χ0) is 16.7. The van der Waals surface area contributed by atoms with Crippen molar-refractivity contribution in [2.24, 2.45) is 4.99 Å². The van der Waals surface area contributed by atoms with Gasteiger partial charge in [-0.25, -0.2) is 4.39 Å². The maximum absolute atomic E-state index is 13.3. The molecule has 0 spiro atoms. The topological polar surface area (TPSA) is 57.1 Å². The molecule has 0 atom stereocenters. The van der Waals surface area contributed by atoms with E-state index < -0.39 is 5.60 Å². The Bertz CT molecular complexity index is 530. The lowest BCUT2D eigenvalue weighted by Gasteiger charge is -2.31. The Balaban J connectivity index is 2.02. The van der Waals surface area contributed by atoms with Crippen LogP contribution in [-0.2, 0) is 11.3 Å². The molecule has 0 unspecified atom stereocenters. The Morgan fingerprint density at radius 3 is 2.83 bits per heavy atom. The number of benzene rings is 1. The number of rotatable bonds is 5. The monoisotopic (exact) mass is 323 g/mol. The van der Waals surface area contributed by atoms with Crippen LogP contribution >= 0.6 is 0 Å². The molecule has 1 aromatic rings. The van der Waals surface area contributed by atoms with Crippen LogP contribution in [0.4, 0.5) is 4.39 Å². The van der Waals surface area contributed by atoms with Crippen molar-refractivity contribution in [3.63, 3.8) is 0 Å². The molecular weight excluding hydrogens is 297 g/mol. The van der Waals surface area contributed by atoms with E-state index in [-0.39, 0.29) is 5.82 Å². The molecule has 2 rings (SSSR count). The molecular formula is C17H26FN3O2. The van der Waals surface area contributed by atoms with Gasteiger partial charge in [0.15, 0.2) is 5.96 Å². The van der Waals surface area contributed by atoms with Crippen molar-refractivity contribution in [3.05, 3.63) is 35.6 Å². The summed E-state index contributed by atoms with van der Waals surface area (Å²) in [6, 6.07) is 6.54. The van der Waals surface area contributed by atoms with Gasteiger partial charge in [-0.1, -0.05) is 12.1 Å². The Morgan fingerprint density at radius 2 is 2.17 bits per heavy atom. The van der Waals surface area contributed by atoms with Gasteiger partial charge in [-0.15, -0.1) is 0 Å². The van der Waals surface area contributed by atoms with Crippen molar-refractivity contribution < 1.29 is 14.2 Å². The van der Waals surface area contributed by atoms with E-state index in [1.54, 1.807) is 6.07 Å². The lowest BCUT2D eigenvalue weighted by atomic mass is 9.95. The predicted octanol–water partition coefficient (Wildman–Crippen LogP) is 1.76. The van der Waals surface area contributed by atoms with E-state index >= 15 is 0 Å². The average Bonchev–Trinajstić information content (AvgIpc) is 2.52. The molecule has 0 saturated carbocycles. The molecule has 1 saturated heterocycles. The molecule has 0 aliphatic carbocycles. The van der Waals surface area contributed by atoms with Crippen LogP contribution in [0.1, 0.15) is 25.3 Å². The molecule has 1 heterocycles. The number of nitrogens with one attached hydrogen (secondary N) is 1. The third kappa shape index (κ3) is 5.48. The van der Waals surface area contributed by atoms with E-state index in [2.05, 4.69) is 10.3 Å². The normalized spacial score (nSPS) is 17.8. The highest BCUT2D eigenvalue weighted by Crippen LogP contribution is 2.20. The van der Waals surface area contributed by atoms with Crippen LogP contribution in [0, 0.1) is 5.82 Å². The number of aliphatic hydroxyl groups is 1. The maximum Gasteiger partial charge on any atom is 0.194 e. The van der Waals surface area contributed by atoms with Gasteiger partial charge >= 0.3 is 0 Å². The molecule has 2 N–H and O–H groups in total. The van der Waals surface area contributed by atoms with Crippen molar-refractivity contribution in [1.82, 2.24) is 10.2 Å². The second-order valence-corrected chi connectivity index (χ2v) is 5.99.